The van der Waals surface area contributed by atoms with Crippen molar-refractivity contribution in [3.8, 4) is 0 Å². The number of ether oxygens (including phenoxy) is 1. The van der Waals surface area contributed by atoms with Crippen LogP contribution < -0.4 is 0 Å². The number of pyridine rings is 1. The van der Waals surface area contributed by atoms with Crippen molar-refractivity contribution < 1.29 is 9.53 Å². The Morgan fingerprint density at radius 1 is 1.53 bits per heavy atom. The lowest BCUT2D eigenvalue weighted by Crippen LogP contribution is -2.00. The highest BCUT2D eigenvalue weighted by Gasteiger charge is 1.97. The van der Waals surface area contributed by atoms with Gasteiger partial charge in [-0.25, -0.2) is 0 Å². The summed E-state index contributed by atoms with van der Waals surface area (Å²) >= 11 is 0. The van der Waals surface area contributed by atoms with E-state index < -0.39 is 0 Å². The molecule has 0 aliphatic heterocycles. The van der Waals surface area contributed by atoms with Crippen LogP contribution in [0, 0.1) is 0 Å². The molecule has 80 valence electrons. The van der Waals surface area contributed by atoms with Crippen molar-refractivity contribution in [1.29, 1.82) is 0 Å². The SMILES string of the molecule is COC(=O)CCCN=Cc1ccncc1. The van der Waals surface area contributed by atoms with E-state index in [4.69, 9.17) is 0 Å². The van der Waals surface area contributed by atoms with Gasteiger partial charge in [-0.05, 0) is 24.1 Å². The van der Waals surface area contributed by atoms with Crippen molar-refractivity contribution >= 4 is 12.2 Å². The first-order valence-electron chi connectivity index (χ1n) is 4.79. The van der Waals surface area contributed by atoms with Crippen LogP contribution in [0.25, 0.3) is 0 Å². The summed E-state index contributed by atoms with van der Waals surface area (Å²) in [6, 6.07) is 3.76. The first kappa shape index (κ1) is 11.4. The van der Waals surface area contributed by atoms with E-state index in [9.17, 15) is 4.79 Å². The Morgan fingerprint density at radius 3 is 2.93 bits per heavy atom. The molecule has 15 heavy (non-hydrogen) atoms. The van der Waals surface area contributed by atoms with E-state index >= 15 is 0 Å². The van der Waals surface area contributed by atoms with Crippen LogP contribution in [0.2, 0.25) is 0 Å². The highest BCUT2D eigenvalue weighted by Crippen LogP contribution is 1.94. The first-order valence-corrected chi connectivity index (χ1v) is 4.79. The number of hydrogen-bond donors (Lipinski definition) is 0. The van der Waals surface area contributed by atoms with Gasteiger partial charge in [0.25, 0.3) is 0 Å². The van der Waals surface area contributed by atoms with E-state index in [2.05, 4.69) is 14.7 Å². The molecule has 0 saturated carbocycles. The topological polar surface area (TPSA) is 51.5 Å². The Hall–Kier alpha value is -1.71. The summed E-state index contributed by atoms with van der Waals surface area (Å²) in [4.78, 5) is 18.9. The minimum atomic E-state index is -0.186. The highest BCUT2D eigenvalue weighted by molar-refractivity contribution is 5.79. The van der Waals surface area contributed by atoms with E-state index in [-0.39, 0.29) is 5.97 Å². The summed E-state index contributed by atoms with van der Waals surface area (Å²) in [5.41, 5.74) is 1.02. The molecule has 0 radical (unpaired) electrons. The smallest absolute Gasteiger partial charge is 0.305 e. The summed E-state index contributed by atoms with van der Waals surface area (Å²) in [6.07, 6.45) is 6.35. The fourth-order valence-corrected chi connectivity index (χ4v) is 1.04. The molecule has 0 atom stereocenters. The average Bonchev–Trinajstić information content (AvgIpc) is 2.29. The van der Waals surface area contributed by atoms with Crippen molar-refractivity contribution in [3.63, 3.8) is 0 Å². The van der Waals surface area contributed by atoms with Crippen LogP contribution in [0.15, 0.2) is 29.5 Å². The van der Waals surface area contributed by atoms with Gasteiger partial charge in [-0.15, -0.1) is 0 Å². The minimum Gasteiger partial charge on any atom is -0.469 e. The number of esters is 1. The lowest BCUT2D eigenvalue weighted by atomic mass is 10.3. The number of carbonyl (C=O) groups excluding carboxylic acids is 1. The molecule has 0 amide bonds. The maximum Gasteiger partial charge on any atom is 0.305 e. The molecule has 0 bridgehead atoms. The second-order valence-electron chi connectivity index (χ2n) is 3.00. The predicted molar refractivity (Wildman–Crippen MR) is 57.9 cm³/mol. The summed E-state index contributed by atoms with van der Waals surface area (Å²) in [5.74, 6) is -0.186. The van der Waals surface area contributed by atoms with Gasteiger partial charge >= 0.3 is 5.97 Å². The standard InChI is InChI=1S/C11H14N2O2/c1-15-11(14)3-2-6-13-9-10-4-7-12-8-5-10/h4-5,7-9H,2-3,6H2,1H3. The van der Waals surface area contributed by atoms with Gasteiger partial charge < -0.3 is 4.74 Å². The third-order valence-corrected chi connectivity index (χ3v) is 1.84. The molecule has 0 aliphatic rings. The lowest BCUT2D eigenvalue weighted by molar-refractivity contribution is -0.140. The van der Waals surface area contributed by atoms with Crippen molar-refractivity contribution in [1.82, 2.24) is 4.98 Å². The molecule has 1 rings (SSSR count). The number of methoxy groups -OCH3 is 1. The van der Waals surface area contributed by atoms with Gasteiger partial charge in [-0.3, -0.25) is 14.8 Å². The average molecular weight is 206 g/mol. The Kier molecular flexibility index (Phi) is 5.08. The normalized spacial score (nSPS) is 10.5. The number of hydrogen-bond acceptors (Lipinski definition) is 4. The largest absolute Gasteiger partial charge is 0.469 e. The quantitative estimate of drug-likeness (QED) is 0.416. The number of aliphatic imine (C=N–C) groups is 1. The number of nitrogens with zero attached hydrogens (tertiary/aromatic N) is 2. The Balaban J connectivity index is 2.20. The minimum absolute atomic E-state index is 0.186. The highest BCUT2D eigenvalue weighted by atomic mass is 16.5. The second kappa shape index (κ2) is 6.70. The lowest BCUT2D eigenvalue weighted by Gasteiger charge is -1.95. The van der Waals surface area contributed by atoms with Gasteiger partial charge in [0.2, 0.25) is 0 Å². The number of carbonyl (C=O) groups is 1. The van der Waals surface area contributed by atoms with Crippen molar-refractivity contribution in [2.75, 3.05) is 13.7 Å². The number of aromatic nitrogens is 1. The molecule has 0 aromatic carbocycles. The maximum absolute atomic E-state index is 10.8. The summed E-state index contributed by atoms with van der Waals surface area (Å²) in [7, 11) is 1.39. The van der Waals surface area contributed by atoms with Crippen LogP contribution in [0.4, 0.5) is 0 Å². The van der Waals surface area contributed by atoms with Gasteiger partial charge in [0.1, 0.15) is 0 Å². The first-order chi connectivity index (χ1) is 7.33. The van der Waals surface area contributed by atoms with E-state index in [1.165, 1.54) is 7.11 Å². The Morgan fingerprint density at radius 2 is 2.27 bits per heavy atom. The second-order valence-corrected chi connectivity index (χ2v) is 3.00. The molecule has 0 N–H and O–H groups in total. The maximum atomic E-state index is 10.8. The molecule has 1 aromatic rings. The van der Waals surface area contributed by atoms with Crippen molar-refractivity contribution in [2.24, 2.45) is 4.99 Å². The molecule has 0 aliphatic carbocycles. The molecule has 1 aromatic heterocycles. The fraction of sp³-hybridized carbons (Fsp3) is 0.364. The number of rotatable bonds is 5. The van der Waals surface area contributed by atoms with Crippen LogP contribution in [-0.4, -0.2) is 30.8 Å². The van der Waals surface area contributed by atoms with Gasteiger partial charge in [0.15, 0.2) is 0 Å². The molecule has 4 heteroatoms. The molecule has 0 spiro atoms. The van der Waals surface area contributed by atoms with Crippen LogP contribution in [0.1, 0.15) is 18.4 Å². The zero-order chi connectivity index (χ0) is 10.9. The zero-order valence-corrected chi connectivity index (χ0v) is 8.72. The molecule has 4 nitrogen and oxygen atoms in total. The fourth-order valence-electron chi connectivity index (χ4n) is 1.04. The van der Waals surface area contributed by atoms with E-state index in [1.54, 1.807) is 18.6 Å². The molecule has 0 fully saturated rings. The van der Waals surface area contributed by atoms with Crippen LogP contribution in [0.3, 0.4) is 0 Å². The van der Waals surface area contributed by atoms with Crippen molar-refractivity contribution in [3.05, 3.63) is 30.1 Å². The van der Waals surface area contributed by atoms with Gasteiger partial charge in [-0.1, -0.05) is 0 Å². The van der Waals surface area contributed by atoms with Crippen molar-refractivity contribution in [2.45, 2.75) is 12.8 Å². The van der Waals surface area contributed by atoms with E-state index in [1.807, 2.05) is 12.1 Å². The monoisotopic (exact) mass is 206 g/mol. The zero-order valence-electron chi connectivity index (χ0n) is 8.72. The van der Waals surface area contributed by atoms with Crippen LogP contribution >= 0.6 is 0 Å². The Bertz CT molecular complexity index is 323. The molecular formula is C11H14N2O2. The summed E-state index contributed by atoms with van der Waals surface area (Å²) in [5, 5.41) is 0. The predicted octanol–water partition coefficient (Wildman–Crippen LogP) is 1.45. The molecular weight excluding hydrogens is 192 g/mol. The molecule has 1 heterocycles. The van der Waals surface area contributed by atoms with Gasteiger partial charge in [0, 0.05) is 31.6 Å². The van der Waals surface area contributed by atoms with Crippen LogP contribution in [0.5, 0.6) is 0 Å². The Labute approximate surface area is 89.0 Å². The van der Waals surface area contributed by atoms with E-state index in [0.717, 1.165) is 5.56 Å². The molecule has 0 unspecified atom stereocenters. The van der Waals surface area contributed by atoms with Gasteiger partial charge in [-0.2, -0.15) is 0 Å². The van der Waals surface area contributed by atoms with Crippen LogP contribution in [-0.2, 0) is 9.53 Å². The third-order valence-electron chi connectivity index (χ3n) is 1.84. The summed E-state index contributed by atoms with van der Waals surface area (Å²) < 4.78 is 4.52. The molecule has 0 saturated heterocycles. The van der Waals surface area contributed by atoms with E-state index in [0.29, 0.717) is 19.4 Å². The van der Waals surface area contributed by atoms with Gasteiger partial charge in [0.05, 0.1) is 7.11 Å². The third kappa shape index (κ3) is 4.90. The summed E-state index contributed by atoms with van der Waals surface area (Å²) in [6.45, 7) is 0.636.